The zero-order chi connectivity index (χ0) is 28.8. The average molecular weight is 557 g/mol. The number of benzene rings is 1. The lowest BCUT2D eigenvalue weighted by Crippen LogP contribution is -2.58. The number of carbonyl (C=O) groups excluding carboxylic acids is 3. The molecule has 8 nitrogen and oxygen atoms in total. The van der Waals surface area contributed by atoms with Gasteiger partial charge in [0.15, 0.2) is 0 Å². The minimum absolute atomic E-state index is 0.0855. The fraction of sp³-hybridized carbons (Fsp3) is 0.667. The van der Waals surface area contributed by atoms with Crippen molar-refractivity contribution in [3.63, 3.8) is 0 Å². The van der Waals surface area contributed by atoms with E-state index in [0.29, 0.717) is 37.7 Å². The van der Waals surface area contributed by atoms with E-state index < -0.39 is 41.8 Å². The van der Waals surface area contributed by atoms with Gasteiger partial charge in [-0.3, -0.25) is 9.59 Å². The Hall–Kier alpha value is -3.22. The molecule has 0 aromatic heterocycles. The van der Waals surface area contributed by atoms with E-state index in [0.717, 1.165) is 19.3 Å². The van der Waals surface area contributed by atoms with E-state index in [-0.39, 0.29) is 35.9 Å². The van der Waals surface area contributed by atoms with Gasteiger partial charge in [-0.2, -0.15) is 0 Å². The highest BCUT2D eigenvalue weighted by molar-refractivity contribution is 5.93. The van der Waals surface area contributed by atoms with Crippen LogP contribution in [0.25, 0.3) is 4.85 Å². The molecule has 216 valence electrons. The van der Waals surface area contributed by atoms with E-state index >= 15 is 0 Å². The summed E-state index contributed by atoms with van der Waals surface area (Å²) in [4.78, 5) is 48.0. The minimum atomic E-state index is -2.61. The number of carbonyl (C=O) groups is 3. The number of ether oxygens (including phenoxy) is 1. The summed E-state index contributed by atoms with van der Waals surface area (Å²) >= 11 is 0. The molecular formula is C30H38F2N4O4. The van der Waals surface area contributed by atoms with Crippen LogP contribution < -0.4 is 5.32 Å². The van der Waals surface area contributed by atoms with Crippen molar-refractivity contribution in [2.75, 3.05) is 6.54 Å². The molecule has 10 heteroatoms. The predicted molar refractivity (Wildman–Crippen MR) is 143 cm³/mol. The van der Waals surface area contributed by atoms with Gasteiger partial charge in [-0.1, -0.05) is 31.0 Å². The van der Waals surface area contributed by atoms with Gasteiger partial charge in [-0.25, -0.2) is 20.1 Å². The van der Waals surface area contributed by atoms with Crippen molar-refractivity contribution in [2.45, 2.75) is 120 Å². The molecule has 3 heterocycles. The van der Waals surface area contributed by atoms with E-state index in [1.165, 1.54) is 12.1 Å². The van der Waals surface area contributed by atoms with Crippen molar-refractivity contribution < 1.29 is 27.9 Å². The normalized spacial score (nSPS) is 29.5. The van der Waals surface area contributed by atoms with Crippen molar-refractivity contribution >= 4 is 17.9 Å². The molecule has 0 unspecified atom stereocenters. The number of alkyl halides is 2. The summed E-state index contributed by atoms with van der Waals surface area (Å²) < 4.78 is 32.3. The van der Waals surface area contributed by atoms with Crippen LogP contribution in [-0.4, -0.2) is 69.6 Å². The second-order valence-electron chi connectivity index (χ2n) is 12.7. The van der Waals surface area contributed by atoms with Crippen molar-refractivity contribution in [2.24, 2.45) is 0 Å². The van der Waals surface area contributed by atoms with Gasteiger partial charge >= 0.3 is 6.09 Å². The van der Waals surface area contributed by atoms with Crippen molar-refractivity contribution in [1.29, 1.82) is 0 Å². The molecule has 5 atom stereocenters. The molecule has 1 aromatic rings. The first-order valence-electron chi connectivity index (χ1n) is 14.3. The summed E-state index contributed by atoms with van der Waals surface area (Å²) in [6.07, 6.45) is 2.27. The highest BCUT2D eigenvalue weighted by Gasteiger charge is 2.68. The van der Waals surface area contributed by atoms with Crippen LogP contribution >= 0.6 is 0 Å². The van der Waals surface area contributed by atoms with Crippen LogP contribution in [0.3, 0.4) is 0 Å². The highest BCUT2D eigenvalue weighted by Crippen LogP contribution is 2.56. The molecule has 1 saturated carbocycles. The third-order valence-corrected chi connectivity index (χ3v) is 8.92. The van der Waals surface area contributed by atoms with Gasteiger partial charge in [-0.05, 0) is 70.9 Å². The number of nitrogens with zero attached hydrogens (tertiary/aromatic N) is 3. The molecule has 40 heavy (non-hydrogen) atoms. The lowest BCUT2D eigenvalue weighted by Gasteiger charge is -2.37. The van der Waals surface area contributed by atoms with Crippen LogP contribution in [0.1, 0.15) is 95.6 Å². The molecule has 3 amide bonds. The third kappa shape index (κ3) is 5.27. The second kappa shape index (κ2) is 10.6. The van der Waals surface area contributed by atoms with Crippen LogP contribution in [0.2, 0.25) is 0 Å². The fourth-order valence-electron chi connectivity index (χ4n) is 6.98. The van der Waals surface area contributed by atoms with Crippen molar-refractivity contribution in [1.82, 2.24) is 15.1 Å². The Morgan fingerprint density at radius 2 is 1.88 bits per heavy atom. The first-order chi connectivity index (χ1) is 18.9. The molecule has 0 bridgehead atoms. The number of alkyl carbamates (subject to hydrolysis) is 1. The average Bonchev–Trinajstić information content (AvgIpc) is 3.45. The van der Waals surface area contributed by atoms with Crippen LogP contribution in [0.4, 0.5) is 13.6 Å². The largest absolute Gasteiger partial charge is 0.444 e. The van der Waals surface area contributed by atoms with Gasteiger partial charge in [0.1, 0.15) is 23.2 Å². The molecule has 4 aliphatic rings. The van der Waals surface area contributed by atoms with Gasteiger partial charge in [0.25, 0.3) is 12.5 Å². The first kappa shape index (κ1) is 28.3. The van der Waals surface area contributed by atoms with Gasteiger partial charge in [0.05, 0.1) is 5.92 Å². The number of hydrogen-bond acceptors (Lipinski definition) is 4. The van der Waals surface area contributed by atoms with Crippen LogP contribution in [-0.2, 0) is 14.3 Å². The maximum absolute atomic E-state index is 14.2. The van der Waals surface area contributed by atoms with Gasteiger partial charge < -0.3 is 24.7 Å². The molecule has 3 aliphatic heterocycles. The Labute approximate surface area is 234 Å². The molecule has 1 spiro atoms. The Kier molecular flexibility index (Phi) is 7.53. The van der Waals surface area contributed by atoms with E-state index in [4.69, 9.17) is 11.3 Å². The lowest BCUT2D eigenvalue weighted by atomic mass is 9.90. The maximum atomic E-state index is 14.2. The zero-order valence-electron chi connectivity index (χ0n) is 23.4. The zero-order valence-corrected chi connectivity index (χ0v) is 23.4. The number of nitrogens with one attached hydrogen (secondary N) is 1. The Morgan fingerprint density at radius 1 is 1.15 bits per heavy atom. The molecule has 0 radical (unpaired) electrons. The summed E-state index contributed by atoms with van der Waals surface area (Å²) in [5, 5.41) is 2.74. The summed E-state index contributed by atoms with van der Waals surface area (Å²) in [7, 11) is 0. The SMILES string of the molecule is [C-]#[N+][C@@H]1[C@@H](c2cccc(C(F)F)c2)CN(C(=O)[C@@H]2CC[C@@H]3CCCC[C@H](NC(=O)OC(C)(C)C)C(=O)N32)C12CC2. The van der Waals surface area contributed by atoms with Crippen molar-refractivity contribution in [3.8, 4) is 0 Å². The lowest BCUT2D eigenvalue weighted by molar-refractivity contribution is -0.148. The first-order valence-corrected chi connectivity index (χ1v) is 14.3. The molecular weight excluding hydrogens is 518 g/mol. The number of likely N-dealkylation sites (tertiary alicyclic amines) is 1. The highest BCUT2D eigenvalue weighted by atomic mass is 19.3. The van der Waals surface area contributed by atoms with Gasteiger partial charge in [0.2, 0.25) is 11.8 Å². The number of rotatable bonds is 4. The van der Waals surface area contributed by atoms with Gasteiger partial charge in [0, 0.05) is 18.2 Å². The number of amides is 3. The van der Waals surface area contributed by atoms with E-state index in [2.05, 4.69) is 10.2 Å². The molecule has 1 aliphatic carbocycles. The molecule has 4 fully saturated rings. The van der Waals surface area contributed by atoms with Crippen LogP contribution in [0, 0.1) is 6.57 Å². The molecule has 1 N–H and O–H groups in total. The Balaban J connectivity index is 1.39. The summed E-state index contributed by atoms with van der Waals surface area (Å²) in [5.41, 5.74) is -0.775. The number of fused-ring (bicyclic) bond motifs is 1. The maximum Gasteiger partial charge on any atom is 0.408 e. The number of hydrogen-bond donors (Lipinski definition) is 1. The second-order valence-corrected chi connectivity index (χ2v) is 12.7. The summed E-state index contributed by atoms with van der Waals surface area (Å²) in [6, 6.07) is 4.12. The smallest absolute Gasteiger partial charge is 0.408 e. The Bertz CT molecular complexity index is 1200. The Morgan fingerprint density at radius 3 is 2.52 bits per heavy atom. The molecule has 3 saturated heterocycles. The quantitative estimate of drug-likeness (QED) is 0.517. The van der Waals surface area contributed by atoms with E-state index in [1.54, 1.807) is 42.7 Å². The molecule has 5 rings (SSSR count). The van der Waals surface area contributed by atoms with E-state index in [9.17, 15) is 23.2 Å². The number of halogens is 2. The third-order valence-electron chi connectivity index (χ3n) is 8.92. The standard InChI is InChI=1S/C30H38F2N4O4/c1-29(2,3)40-28(39)34-22-11-6-5-10-20-12-13-23(36(20)26(22)37)27(38)35-17-21(24(33-4)30(35)14-15-30)18-8-7-9-19(16-18)25(31)32/h7-9,16,20-25H,5-6,10-15,17H2,1-3H3,(H,34,39)/t20-,21+,22-,23-,24+/m0/s1. The van der Waals surface area contributed by atoms with E-state index in [1.807, 2.05) is 0 Å². The fourth-order valence-corrected chi connectivity index (χ4v) is 6.98. The predicted octanol–water partition coefficient (Wildman–Crippen LogP) is 5.20. The topological polar surface area (TPSA) is 83.3 Å². The van der Waals surface area contributed by atoms with Crippen LogP contribution in [0.5, 0.6) is 0 Å². The monoisotopic (exact) mass is 556 g/mol. The summed E-state index contributed by atoms with van der Waals surface area (Å²) in [6.45, 7) is 13.5. The molecule has 1 aromatic carbocycles. The van der Waals surface area contributed by atoms with Gasteiger partial charge in [-0.15, -0.1) is 0 Å². The van der Waals surface area contributed by atoms with Crippen LogP contribution in [0.15, 0.2) is 24.3 Å². The summed E-state index contributed by atoms with van der Waals surface area (Å²) in [5.74, 6) is -0.811. The van der Waals surface area contributed by atoms with Crippen molar-refractivity contribution in [3.05, 3.63) is 46.8 Å². The minimum Gasteiger partial charge on any atom is -0.444 e.